The van der Waals surface area contributed by atoms with Crippen LogP contribution in [0, 0.1) is 24.0 Å². The van der Waals surface area contributed by atoms with Gasteiger partial charge in [-0.1, -0.05) is 11.6 Å². The summed E-state index contributed by atoms with van der Waals surface area (Å²) in [4.78, 5) is 22.7. The average molecular weight is 367 g/mol. The van der Waals surface area contributed by atoms with Crippen LogP contribution in [0.4, 0.5) is 11.4 Å². The number of nitrogens with zero attached hydrogens (tertiary/aromatic N) is 3. The number of halogens is 1. The van der Waals surface area contributed by atoms with E-state index in [-0.39, 0.29) is 18.0 Å². The van der Waals surface area contributed by atoms with Gasteiger partial charge in [0.1, 0.15) is 17.1 Å². The van der Waals surface area contributed by atoms with Crippen LogP contribution >= 0.6 is 11.6 Å². The molecule has 8 nitrogen and oxygen atoms in total. The third kappa shape index (κ3) is 4.48. The maximum atomic E-state index is 12.1. The lowest BCUT2D eigenvalue weighted by atomic mass is 10.2. The summed E-state index contributed by atoms with van der Waals surface area (Å²) in [6, 6.07) is 4.96. The van der Waals surface area contributed by atoms with Crippen LogP contribution in [0.1, 0.15) is 24.2 Å². The molecule has 1 amide bonds. The minimum absolute atomic E-state index is 0.0214. The second-order valence-electron chi connectivity index (χ2n) is 5.50. The Morgan fingerprint density at radius 1 is 1.44 bits per heavy atom. The van der Waals surface area contributed by atoms with E-state index in [2.05, 4.69) is 10.4 Å². The van der Waals surface area contributed by atoms with Gasteiger partial charge in [0.15, 0.2) is 0 Å². The standard InChI is InChI=1S/C16H19ClN4O4/c1-10-16(21(23)24)11(2)20(19-10)8-4-5-15(22)18-13-9-12(17)6-7-14(13)25-3/h6-7,9H,4-5,8H2,1-3H3,(H,18,22). The number of aromatic nitrogens is 2. The van der Waals surface area contributed by atoms with Crippen LogP contribution in [0.2, 0.25) is 5.02 Å². The molecule has 0 atom stereocenters. The fourth-order valence-corrected chi connectivity index (χ4v) is 2.72. The molecule has 1 aromatic carbocycles. The molecule has 25 heavy (non-hydrogen) atoms. The van der Waals surface area contributed by atoms with Crippen molar-refractivity contribution in [1.82, 2.24) is 9.78 Å². The lowest BCUT2D eigenvalue weighted by molar-refractivity contribution is -0.386. The van der Waals surface area contributed by atoms with E-state index >= 15 is 0 Å². The van der Waals surface area contributed by atoms with E-state index in [1.165, 1.54) is 7.11 Å². The van der Waals surface area contributed by atoms with E-state index in [4.69, 9.17) is 16.3 Å². The van der Waals surface area contributed by atoms with Gasteiger partial charge < -0.3 is 10.1 Å². The first kappa shape index (κ1) is 18.7. The first-order valence-electron chi connectivity index (χ1n) is 7.65. The van der Waals surface area contributed by atoms with Crippen LogP contribution in [0.3, 0.4) is 0 Å². The van der Waals surface area contributed by atoms with Crippen molar-refractivity contribution in [3.05, 3.63) is 44.7 Å². The topological polar surface area (TPSA) is 99.3 Å². The Morgan fingerprint density at radius 3 is 2.76 bits per heavy atom. The van der Waals surface area contributed by atoms with Crippen LogP contribution in [-0.2, 0) is 11.3 Å². The normalized spacial score (nSPS) is 10.6. The van der Waals surface area contributed by atoms with Gasteiger partial charge in [-0.2, -0.15) is 5.10 Å². The molecule has 2 rings (SSSR count). The maximum Gasteiger partial charge on any atom is 0.312 e. The van der Waals surface area contributed by atoms with E-state index in [9.17, 15) is 14.9 Å². The second-order valence-corrected chi connectivity index (χ2v) is 5.93. The lowest BCUT2D eigenvalue weighted by Gasteiger charge is -2.10. The molecule has 0 aliphatic heterocycles. The van der Waals surface area contributed by atoms with Crippen LogP contribution in [0.5, 0.6) is 5.75 Å². The molecule has 2 aromatic rings. The van der Waals surface area contributed by atoms with Crippen molar-refractivity contribution in [3.8, 4) is 5.75 Å². The van der Waals surface area contributed by atoms with Crippen molar-refractivity contribution in [1.29, 1.82) is 0 Å². The summed E-state index contributed by atoms with van der Waals surface area (Å²) < 4.78 is 6.73. The molecule has 0 aliphatic rings. The number of hydrogen-bond donors (Lipinski definition) is 1. The third-order valence-corrected chi connectivity index (χ3v) is 3.97. The van der Waals surface area contributed by atoms with E-state index in [1.54, 1.807) is 36.7 Å². The van der Waals surface area contributed by atoms with Crippen LogP contribution in [0.15, 0.2) is 18.2 Å². The Hall–Kier alpha value is -2.61. The number of amides is 1. The summed E-state index contributed by atoms with van der Waals surface area (Å²) >= 11 is 5.93. The molecule has 0 spiro atoms. The van der Waals surface area contributed by atoms with E-state index in [0.29, 0.717) is 40.8 Å². The number of methoxy groups -OCH3 is 1. The summed E-state index contributed by atoms with van der Waals surface area (Å²) in [6.07, 6.45) is 0.732. The Bertz CT molecular complexity index is 804. The predicted molar refractivity (Wildman–Crippen MR) is 94.2 cm³/mol. The summed E-state index contributed by atoms with van der Waals surface area (Å²) in [5.74, 6) is 0.323. The smallest absolute Gasteiger partial charge is 0.312 e. The van der Waals surface area contributed by atoms with Crippen molar-refractivity contribution in [2.24, 2.45) is 0 Å². The quantitative estimate of drug-likeness (QED) is 0.597. The number of rotatable bonds is 7. The lowest BCUT2D eigenvalue weighted by Crippen LogP contribution is -2.13. The van der Waals surface area contributed by atoms with Gasteiger partial charge in [-0.05, 0) is 38.5 Å². The minimum atomic E-state index is -0.438. The number of ether oxygens (including phenoxy) is 1. The van der Waals surface area contributed by atoms with Crippen LogP contribution < -0.4 is 10.1 Å². The molecule has 0 saturated heterocycles. The molecule has 0 fully saturated rings. The summed E-state index contributed by atoms with van der Waals surface area (Å²) in [6.45, 7) is 3.66. The zero-order valence-electron chi connectivity index (χ0n) is 14.2. The molecular weight excluding hydrogens is 348 g/mol. The highest BCUT2D eigenvalue weighted by atomic mass is 35.5. The van der Waals surface area contributed by atoms with Gasteiger partial charge >= 0.3 is 5.69 Å². The van der Waals surface area contributed by atoms with Gasteiger partial charge in [0, 0.05) is 18.0 Å². The molecule has 1 N–H and O–H groups in total. The largest absolute Gasteiger partial charge is 0.495 e. The van der Waals surface area contributed by atoms with Crippen molar-refractivity contribution in [2.45, 2.75) is 33.2 Å². The molecule has 9 heteroatoms. The van der Waals surface area contributed by atoms with Crippen molar-refractivity contribution >= 4 is 28.9 Å². The SMILES string of the molecule is COc1ccc(Cl)cc1NC(=O)CCCn1nc(C)c([N+](=O)[O-])c1C. The third-order valence-electron chi connectivity index (χ3n) is 3.74. The van der Waals surface area contributed by atoms with Crippen molar-refractivity contribution in [3.63, 3.8) is 0 Å². The highest BCUT2D eigenvalue weighted by Gasteiger charge is 2.21. The van der Waals surface area contributed by atoms with Gasteiger partial charge in [-0.25, -0.2) is 0 Å². The van der Waals surface area contributed by atoms with Gasteiger partial charge in [0.25, 0.3) is 0 Å². The predicted octanol–water partition coefficient (Wildman–Crippen LogP) is 3.49. The molecular formula is C16H19ClN4O4. The zero-order chi connectivity index (χ0) is 18.6. The van der Waals surface area contributed by atoms with E-state index in [1.807, 2.05) is 0 Å². The summed E-state index contributed by atoms with van der Waals surface area (Å²) in [7, 11) is 1.51. The molecule has 0 unspecified atom stereocenters. The number of carbonyl (C=O) groups is 1. The van der Waals surface area contributed by atoms with E-state index < -0.39 is 4.92 Å². The number of benzene rings is 1. The first-order chi connectivity index (χ1) is 11.8. The first-order valence-corrected chi connectivity index (χ1v) is 8.03. The molecule has 0 aliphatic carbocycles. The van der Waals surface area contributed by atoms with Gasteiger partial charge in [-0.3, -0.25) is 19.6 Å². The number of anilines is 1. The fourth-order valence-electron chi connectivity index (χ4n) is 2.55. The number of hydrogen-bond acceptors (Lipinski definition) is 5. The Labute approximate surface area is 149 Å². The number of nitrogens with one attached hydrogen (secondary N) is 1. The second kappa shape index (κ2) is 7.98. The Kier molecular flexibility index (Phi) is 5.97. The highest BCUT2D eigenvalue weighted by molar-refractivity contribution is 6.31. The fraction of sp³-hybridized carbons (Fsp3) is 0.375. The van der Waals surface area contributed by atoms with Gasteiger partial charge in [-0.15, -0.1) is 0 Å². The van der Waals surface area contributed by atoms with Crippen molar-refractivity contribution in [2.75, 3.05) is 12.4 Å². The maximum absolute atomic E-state index is 12.1. The van der Waals surface area contributed by atoms with Crippen LogP contribution in [-0.4, -0.2) is 27.7 Å². The van der Waals surface area contributed by atoms with Gasteiger partial charge in [0.2, 0.25) is 5.91 Å². The molecule has 1 heterocycles. The van der Waals surface area contributed by atoms with Crippen molar-refractivity contribution < 1.29 is 14.5 Å². The minimum Gasteiger partial charge on any atom is -0.495 e. The molecule has 0 saturated carbocycles. The monoisotopic (exact) mass is 366 g/mol. The molecule has 0 bridgehead atoms. The number of nitro groups is 1. The molecule has 0 radical (unpaired) electrons. The zero-order valence-corrected chi connectivity index (χ0v) is 15.0. The average Bonchev–Trinajstić information content (AvgIpc) is 2.81. The summed E-state index contributed by atoms with van der Waals surface area (Å²) in [5, 5.41) is 18.4. The Balaban J connectivity index is 1.95. The number of carbonyl (C=O) groups excluding carboxylic acids is 1. The molecule has 1 aromatic heterocycles. The Morgan fingerprint density at radius 2 is 2.16 bits per heavy atom. The number of aryl methyl sites for hydroxylation is 2. The van der Waals surface area contributed by atoms with E-state index in [0.717, 1.165) is 0 Å². The van der Waals surface area contributed by atoms with Gasteiger partial charge in [0.05, 0.1) is 17.7 Å². The highest BCUT2D eigenvalue weighted by Crippen LogP contribution is 2.28. The summed E-state index contributed by atoms with van der Waals surface area (Å²) in [5.41, 5.74) is 1.38. The molecule has 134 valence electrons. The van der Waals surface area contributed by atoms with Crippen LogP contribution in [0.25, 0.3) is 0 Å².